The molecule has 26 heavy (non-hydrogen) atoms. The van der Waals surface area contributed by atoms with Crippen LogP contribution in [0.4, 0.5) is 0 Å². The van der Waals surface area contributed by atoms with E-state index in [-0.39, 0.29) is 0 Å². The van der Waals surface area contributed by atoms with E-state index in [0.717, 1.165) is 34.9 Å². The average Bonchev–Trinajstić information content (AvgIpc) is 3.04. The number of methoxy groups -OCH3 is 1. The number of hydrogen-bond acceptors (Lipinski definition) is 3. The quantitative estimate of drug-likeness (QED) is 0.510. The van der Waals surface area contributed by atoms with Gasteiger partial charge in [-0.15, -0.1) is 0 Å². The van der Waals surface area contributed by atoms with E-state index in [0.29, 0.717) is 6.61 Å². The molecule has 0 spiro atoms. The van der Waals surface area contributed by atoms with Crippen molar-refractivity contribution < 1.29 is 9.47 Å². The zero-order valence-corrected chi connectivity index (χ0v) is 14.6. The molecule has 0 radical (unpaired) electrons. The normalized spacial score (nSPS) is 10.8. The molecule has 4 nitrogen and oxygen atoms in total. The summed E-state index contributed by atoms with van der Waals surface area (Å²) >= 11 is 0. The van der Waals surface area contributed by atoms with Gasteiger partial charge in [0, 0.05) is 12.6 Å². The molecule has 0 atom stereocenters. The van der Waals surface area contributed by atoms with Gasteiger partial charge in [-0.3, -0.25) is 0 Å². The Bertz CT molecular complexity index is 995. The van der Waals surface area contributed by atoms with Crippen molar-refractivity contribution >= 4 is 11.0 Å². The third kappa shape index (κ3) is 3.40. The lowest BCUT2D eigenvalue weighted by atomic mass is 10.2. The van der Waals surface area contributed by atoms with E-state index in [1.54, 1.807) is 7.11 Å². The fourth-order valence-corrected chi connectivity index (χ4v) is 3.00. The Morgan fingerprint density at radius 2 is 1.58 bits per heavy atom. The number of nitrogens with zero attached hydrogens (tertiary/aromatic N) is 2. The summed E-state index contributed by atoms with van der Waals surface area (Å²) in [5.41, 5.74) is 3.20. The molecule has 0 fully saturated rings. The standard InChI is InChI=1S/C22H20N2O2/c1-25-19-12-13-20-21(14-19)24(15-17-8-4-2-5-9-17)22(23-20)16-26-18-10-6-3-7-11-18/h2-14H,15-16H2,1H3. The number of rotatable bonds is 6. The van der Waals surface area contributed by atoms with E-state index in [1.807, 2.05) is 54.6 Å². The summed E-state index contributed by atoms with van der Waals surface area (Å²) < 4.78 is 13.5. The van der Waals surface area contributed by atoms with Crippen molar-refractivity contribution in [2.45, 2.75) is 13.2 Å². The van der Waals surface area contributed by atoms with E-state index in [1.165, 1.54) is 5.56 Å². The maximum Gasteiger partial charge on any atom is 0.148 e. The monoisotopic (exact) mass is 344 g/mol. The molecular formula is C22H20N2O2. The molecule has 0 N–H and O–H groups in total. The summed E-state index contributed by atoms with van der Waals surface area (Å²) in [5.74, 6) is 2.55. The number of ether oxygens (including phenoxy) is 2. The van der Waals surface area contributed by atoms with Gasteiger partial charge in [0.15, 0.2) is 0 Å². The van der Waals surface area contributed by atoms with Crippen LogP contribution in [0.1, 0.15) is 11.4 Å². The summed E-state index contributed by atoms with van der Waals surface area (Å²) in [5, 5.41) is 0. The SMILES string of the molecule is COc1ccc2nc(COc3ccccc3)n(Cc3ccccc3)c2c1. The number of benzene rings is 3. The predicted molar refractivity (Wildman–Crippen MR) is 103 cm³/mol. The predicted octanol–water partition coefficient (Wildman–Crippen LogP) is 4.67. The van der Waals surface area contributed by atoms with Crippen LogP contribution in [0.5, 0.6) is 11.5 Å². The molecule has 3 aromatic carbocycles. The summed E-state index contributed by atoms with van der Waals surface area (Å²) in [4.78, 5) is 4.78. The molecule has 0 bridgehead atoms. The molecule has 4 rings (SSSR count). The van der Waals surface area contributed by atoms with Crippen LogP contribution in [0.25, 0.3) is 11.0 Å². The topological polar surface area (TPSA) is 36.3 Å². The second-order valence-electron chi connectivity index (χ2n) is 6.06. The van der Waals surface area contributed by atoms with Crippen LogP contribution in [0.15, 0.2) is 78.9 Å². The Morgan fingerprint density at radius 3 is 2.31 bits per heavy atom. The number of para-hydroxylation sites is 1. The van der Waals surface area contributed by atoms with Crippen LogP contribution in [-0.4, -0.2) is 16.7 Å². The molecule has 1 aromatic heterocycles. The lowest BCUT2D eigenvalue weighted by Gasteiger charge is -2.11. The van der Waals surface area contributed by atoms with E-state index in [9.17, 15) is 0 Å². The largest absolute Gasteiger partial charge is 0.497 e. The molecule has 4 aromatic rings. The van der Waals surface area contributed by atoms with Crippen LogP contribution in [0.3, 0.4) is 0 Å². The van der Waals surface area contributed by atoms with Crippen molar-refractivity contribution in [2.24, 2.45) is 0 Å². The van der Waals surface area contributed by atoms with Gasteiger partial charge in [-0.05, 0) is 29.8 Å². The molecule has 130 valence electrons. The fraction of sp³-hybridized carbons (Fsp3) is 0.136. The molecule has 0 aliphatic carbocycles. The van der Waals surface area contributed by atoms with E-state index in [2.05, 4.69) is 28.8 Å². The zero-order valence-electron chi connectivity index (χ0n) is 14.6. The zero-order chi connectivity index (χ0) is 17.8. The first-order chi connectivity index (χ1) is 12.8. The molecule has 0 saturated carbocycles. The second kappa shape index (κ2) is 7.31. The Hall–Kier alpha value is -3.27. The van der Waals surface area contributed by atoms with Gasteiger partial charge < -0.3 is 14.0 Å². The Morgan fingerprint density at radius 1 is 0.846 bits per heavy atom. The maximum atomic E-state index is 5.94. The van der Waals surface area contributed by atoms with Crippen LogP contribution in [0.2, 0.25) is 0 Å². The van der Waals surface area contributed by atoms with Gasteiger partial charge in [0.05, 0.1) is 18.1 Å². The molecule has 0 aliphatic rings. The first kappa shape index (κ1) is 16.2. The van der Waals surface area contributed by atoms with Gasteiger partial charge in [0.1, 0.15) is 23.9 Å². The highest BCUT2D eigenvalue weighted by molar-refractivity contribution is 5.78. The first-order valence-electron chi connectivity index (χ1n) is 8.58. The van der Waals surface area contributed by atoms with Crippen molar-refractivity contribution in [1.82, 2.24) is 9.55 Å². The highest BCUT2D eigenvalue weighted by Gasteiger charge is 2.13. The fourth-order valence-electron chi connectivity index (χ4n) is 3.00. The van der Waals surface area contributed by atoms with Crippen LogP contribution in [-0.2, 0) is 13.2 Å². The molecule has 0 saturated heterocycles. The van der Waals surface area contributed by atoms with E-state index in [4.69, 9.17) is 14.5 Å². The van der Waals surface area contributed by atoms with E-state index < -0.39 is 0 Å². The first-order valence-corrected chi connectivity index (χ1v) is 8.58. The van der Waals surface area contributed by atoms with Crippen LogP contribution < -0.4 is 9.47 Å². The third-order valence-corrected chi connectivity index (χ3v) is 4.33. The minimum Gasteiger partial charge on any atom is -0.497 e. The molecular weight excluding hydrogens is 324 g/mol. The van der Waals surface area contributed by atoms with Crippen molar-refractivity contribution in [1.29, 1.82) is 0 Å². The Kier molecular flexibility index (Phi) is 4.56. The lowest BCUT2D eigenvalue weighted by molar-refractivity contribution is 0.291. The molecule has 1 heterocycles. The van der Waals surface area contributed by atoms with Gasteiger partial charge in [-0.1, -0.05) is 48.5 Å². The summed E-state index contributed by atoms with van der Waals surface area (Å²) in [6, 6.07) is 26.1. The Labute approximate surface area is 152 Å². The number of fused-ring (bicyclic) bond motifs is 1. The van der Waals surface area contributed by atoms with Crippen molar-refractivity contribution in [3.63, 3.8) is 0 Å². The molecule has 0 aliphatic heterocycles. The average molecular weight is 344 g/mol. The third-order valence-electron chi connectivity index (χ3n) is 4.33. The second-order valence-corrected chi connectivity index (χ2v) is 6.06. The van der Waals surface area contributed by atoms with Gasteiger partial charge in [-0.25, -0.2) is 4.98 Å². The smallest absolute Gasteiger partial charge is 0.148 e. The minimum absolute atomic E-state index is 0.411. The number of hydrogen-bond donors (Lipinski definition) is 0. The Balaban J connectivity index is 1.71. The van der Waals surface area contributed by atoms with Gasteiger partial charge in [-0.2, -0.15) is 0 Å². The van der Waals surface area contributed by atoms with E-state index >= 15 is 0 Å². The molecule has 0 amide bonds. The summed E-state index contributed by atoms with van der Waals surface area (Å²) in [6.07, 6.45) is 0. The number of aromatic nitrogens is 2. The van der Waals surface area contributed by atoms with Gasteiger partial charge in [0.25, 0.3) is 0 Å². The summed E-state index contributed by atoms with van der Waals surface area (Å²) in [7, 11) is 1.68. The highest BCUT2D eigenvalue weighted by Crippen LogP contribution is 2.24. The number of imidazole rings is 1. The van der Waals surface area contributed by atoms with Crippen molar-refractivity contribution in [3.8, 4) is 11.5 Å². The summed E-state index contributed by atoms with van der Waals surface area (Å²) in [6.45, 7) is 1.14. The minimum atomic E-state index is 0.411. The molecule has 4 heteroatoms. The van der Waals surface area contributed by atoms with Crippen molar-refractivity contribution in [2.75, 3.05) is 7.11 Å². The van der Waals surface area contributed by atoms with Crippen molar-refractivity contribution in [3.05, 3.63) is 90.3 Å². The molecule has 0 unspecified atom stereocenters. The van der Waals surface area contributed by atoms with Crippen LogP contribution in [0, 0.1) is 0 Å². The lowest BCUT2D eigenvalue weighted by Crippen LogP contribution is -2.08. The van der Waals surface area contributed by atoms with Crippen LogP contribution >= 0.6 is 0 Å². The van der Waals surface area contributed by atoms with Gasteiger partial charge >= 0.3 is 0 Å². The maximum absolute atomic E-state index is 5.94. The van der Waals surface area contributed by atoms with Gasteiger partial charge in [0.2, 0.25) is 0 Å². The highest BCUT2D eigenvalue weighted by atomic mass is 16.5.